The molecule has 0 aliphatic carbocycles. The number of carbonyl (C=O) groups excluding carboxylic acids is 1. The van der Waals surface area contributed by atoms with Gasteiger partial charge in [-0.3, -0.25) is 9.88 Å². The van der Waals surface area contributed by atoms with Gasteiger partial charge in [-0.25, -0.2) is 4.79 Å². The van der Waals surface area contributed by atoms with Crippen LogP contribution >= 0.6 is 0 Å². The molecule has 1 saturated heterocycles. The van der Waals surface area contributed by atoms with Crippen molar-refractivity contribution >= 4 is 11.7 Å². The fourth-order valence-electron chi connectivity index (χ4n) is 3.91. The minimum absolute atomic E-state index is 0.0115. The number of amides is 2. The van der Waals surface area contributed by atoms with Gasteiger partial charge in [-0.2, -0.15) is 13.2 Å². The second-order valence-electron chi connectivity index (χ2n) is 7.54. The number of alkyl halides is 3. The molecule has 160 valence electrons. The van der Waals surface area contributed by atoms with Crippen molar-refractivity contribution in [3.63, 3.8) is 0 Å². The van der Waals surface area contributed by atoms with Crippen LogP contribution in [0, 0.1) is 6.92 Å². The Balaban J connectivity index is 1.39. The third kappa shape index (κ3) is 4.35. The largest absolute Gasteiger partial charge is 0.493 e. The maximum Gasteiger partial charge on any atom is 0.416 e. The molecule has 1 aromatic heterocycles. The Hall–Kier alpha value is -2.81. The molecule has 1 unspecified atom stereocenters. The molecule has 2 aliphatic heterocycles. The van der Waals surface area contributed by atoms with E-state index in [2.05, 4.69) is 15.2 Å². The maximum absolute atomic E-state index is 13.0. The van der Waals surface area contributed by atoms with Crippen LogP contribution in [-0.2, 0) is 6.18 Å². The molecule has 1 fully saturated rings. The summed E-state index contributed by atoms with van der Waals surface area (Å²) in [5.74, 6) is 0.299. The average Bonchev–Trinajstić information content (AvgIpc) is 2.74. The van der Waals surface area contributed by atoms with Crippen molar-refractivity contribution in [2.24, 2.45) is 0 Å². The maximum atomic E-state index is 13.0. The standard InChI is InChI=1S/C21H23F3N4O2/c1-14-2-4-16(13-25-14)26-20(29)28-9-7-27(8-10-28)18-6-11-30-19-12-15(21(22,23)24)3-5-17(18)19/h2-5,12-13,18H,6-11H2,1H3,(H,26,29). The number of carbonyl (C=O) groups is 1. The van der Waals surface area contributed by atoms with E-state index in [1.165, 1.54) is 6.07 Å². The Morgan fingerprint density at radius 2 is 1.93 bits per heavy atom. The minimum atomic E-state index is -4.39. The van der Waals surface area contributed by atoms with Gasteiger partial charge in [0.25, 0.3) is 0 Å². The van der Waals surface area contributed by atoms with Gasteiger partial charge in [0, 0.05) is 49.9 Å². The Kier molecular flexibility index (Phi) is 5.55. The summed E-state index contributed by atoms with van der Waals surface area (Å²) in [6, 6.07) is 7.17. The topological polar surface area (TPSA) is 57.7 Å². The number of nitrogens with zero attached hydrogens (tertiary/aromatic N) is 3. The molecule has 1 N–H and O–H groups in total. The van der Waals surface area contributed by atoms with Gasteiger partial charge >= 0.3 is 12.2 Å². The molecule has 0 spiro atoms. The highest BCUT2D eigenvalue weighted by atomic mass is 19.4. The number of nitrogens with one attached hydrogen (secondary N) is 1. The molecule has 0 radical (unpaired) electrons. The first kappa shape index (κ1) is 20.5. The second-order valence-corrected chi connectivity index (χ2v) is 7.54. The normalized spacial score (nSPS) is 19.7. The molecule has 2 amide bonds. The third-order valence-electron chi connectivity index (χ3n) is 5.55. The van der Waals surface area contributed by atoms with E-state index in [1.807, 2.05) is 19.1 Å². The first-order chi connectivity index (χ1) is 14.3. The van der Waals surface area contributed by atoms with Gasteiger partial charge in [0.1, 0.15) is 5.75 Å². The Labute approximate surface area is 172 Å². The van der Waals surface area contributed by atoms with E-state index in [9.17, 15) is 18.0 Å². The first-order valence-corrected chi connectivity index (χ1v) is 9.88. The molecule has 0 saturated carbocycles. The van der Waals surface area contributed by atoms with Gasteiger partial charge in [0.2, 0.25) is 0 Å². The number of hydrogen-bond acceptors (Lipinski definition) is 4. The van der Waals surface area contributed by atoms with Crippen LogP contribution in [0.1, 0.15) is 29.3 Å². The molecule has 30 heavy (non-hydrogen) atoms. The quantitative estimate of drug-likeness (QED) is 0.796. The lowest BCUT2D eigenvalue weighted by Crippen LogP contribution is -2.51. The lowest BCUT2D eigenvalue weighted by molar-refractivity contribution is -0.137. The van der Waals surface area contributed by atoms with E-state index >= 15 is 0 Å². The molecular formula is C21H23F3N4O2. The van der Waals surface area contributed by atoms with Crippen molar-refractivity contribution in [1.82, 2.24) is 14.8 Å². The SMILES string of the molecule is Cc1ccc(NC(=O)N2CCN(C3CCOc4cc(C(F)(F)F)ccc43)CC2)cn1. The van der Waals surface area contributed by atoms with Crippen LogP contribution in [0.25, 0.3) is 0 Å². The molecule has 1 aromatic carbocycles. The zero-order chi connectivity index (χ0) is 21.3. The number of anilines is 1. The van der Waals surface area contributed by atoms with E-state index in [4.69, 9.17) is 4.74 Å². The number of aromatic nitrogens is 1. The van der Waals surface area contributed by atoms with Crippen LogP contribution in [0.3, 0.4) is 0 Å². The predicted octanol–water partition coefficient (Wildman–Crippen LogP) is 4.08. The van der Waals surface area contributed by atoms with Crippen molar-refractivity contribution in [3.8, 4) is 5.75 Å². The predicted molar refractivity (Wildman–Crippen MR) is 105 cm³/mol. The number of aryl methyl sites for hydroxylation is 1. The second kappa shape index (κ2) is 8.14. The number of hydrogen-bond donors (Lipinski definition) is 1. The number of rotatable bonds is 2. The summed E-state index contributed by atoms with van der Waals surface area (Å²) >= 11 is 0. The summed E-state index contributed by atoms with van der Waals surface area (Å²) in [4.78, 5) is 20.6. The molecule has 2 aliphatic rings. The van der Waals surface area contributed by atoms with Crippen molar-refractivity contribution in [2.45, 2.75) is 25.6 Å². The number of urea groups is 1. The number of piperazine rings is 1. The first-order valence-electron chi connectivity index (χ1n) is 9.88. The summed E-state index contributed by atoms with van der Waals surface area (Å²) in [6.45, 7) is 4.62. The van der Waals surface area contributed by atoms with Crippen LogP contribution in [0.5, 0.6) is 5.75 Å². The third-order valence-corrected chi connectivity index (χ3v) is 5.55. The molecule has 4 rings (SSSR count). The van der Waals surface area contributed by atoms with Crippen molar-refractivity contribution in [1.29, 1.82) is 0 Å². The van der Waals surface area contributed by atoms with E-state index in [1.54, 1.807) is 11.1 Å². The number of halogens is 3. The van der Waals surface area contributed by atoms with Crippen LogP contribution in [0.2, 0.25) is 0 Å². The summed E-state index contributed by atoms with van der Waals surface area (Å²) in [7, 11) is 0. The number of pyridine rings is 1. The molecule has 2 aromatic rings. The summed E-state index contributed by atoms with van der Waals surface area (Å²) in [5.41, 5.74) is 1.60. The molecule has 9 heteroatoms. The zero-order valence-corrected chi connectivity index (χ0v) is 16.6. The van der Waals surface area contributed by atoms with E-state index < -0.39 is 11.7 Å². The van der Waals surface area contributed by atoms with Crippen LogP contribution < -0.4 is 10.1 Å². The van der Waals surface area contributed by atoms with E-state index in [-0.39, 0.29) is 12.1 Å². The number of ether oxygens (including phenoxy) is 1. The molecule has 1 atom stereocenters. The highest BCUT2D eigenvalue weighted by Crippen LogP contribution is 2.40. The Bertz CT molecular complexity index is 909. The summed E-state index contributed by atoms with van der Waals surface area (Å²) in [6.07, 6.45) is -2.06. The van der Waals surface area contributed by atoms with Crippen LogP contribution in [0.4, 0.5) is 23.7 Å². The van der Waals surface area contributed by atoms with Crippen LogP contribution in [-0.4, -0.2) is 53.6 Å². The minimum Gasteiger partial charge on any atom is -0.493 e. The Morgan fingerprint density at radius 1 is 1.17 bits per heavy atom. The molecule has 3 heterocycles. The van der Waals surface area contributed by atoms with Gasteiger partial charge in [0.15, 0.2) is 0 Å². The van der Waals surface area contributed by atoms with Gasteiger partial charge < -0.3 is 15.0 Å². The highest BCUT2D eigenvalue weighted by Gasteiger charge is 2.35. The van der Waals surface area contributed by atoms with Crippen LogP contribution in [0.15, 0.2) is 36.5 Å². The fourth-order valence-corrected chi connectivity index (χ4v) is 3.91. The van der Waals surface area contributed by atoms with Crippen molar-refractivity contribution < 1.29 is 22.7 Å². The Morgan fingerprint density at radius 3 is 2.60 bits per heavy atom. The monoisotopic (exact) mass is 420 g/mol. The molecular weight excluding hydrogens is 397 g/mol. The molecule has 0 bridgehead atoms. The van der Waals surface area contributed by atoms with Gasteiger partial charge in [-0.15, -0.1) is 0 Å². The number of fused-ring (bicyclic) bond motifs is 1. The van der Waals surface area contributed by atoms with Crippen molar-refractivity contribution in [3.05, 3.63) is 53.3 Å². The lowest BCUT2D eigenvalue weighted by Gasteiger charge is -2.41. The van der Waals surface area contributed by atoms with Gasteiger partial charge in [-0.1, -0.05) is 6.07 Å². The summed E-state index contributed by atoms with van der Waals surface area (Å²) < 4.78 is 44.5. The van der Waals surface area contributed by atoms with E-state index in [0.29, 0.717) is 50.6 Å². The van der Waals surface area contributed by atoms with Crippen molar-refractivity contribution in [2.75, 3.05) is 38.1 Å². The zero-order valence-electron chi connectivity index (χ0n) is 16.6. The highest BCUT2D eigenvalue weighted by molar-refractivity contribution is 5.89. The lowest BCUT2D eigenvalue weighted by atomic mass is 9.96. The van der Waals surface area contributed by atoms with Gasteiger partial charge in [0.05, 0.1) is 24.1 Å². The fraction of sp³-hybridized carbons (Fsp3) is 0.429. The van der Waals surface area contributed by atoms with Gasteiger partial charge in [-0.05, 0) is 31.2 Å². The summed E-state index contributed by atoms with van der Waals surface area (Å²) in [5, 5.41) is 2.85. The number of benzene rings is 1. The molecule has 6 nitrogen and oxygen atoms in total. The van der Waals surface area contributed by atoms with E-state index in [0.717, 1.165) is 23.4 Å². The average molecular weight is 420 g/mol. The smallest absolute Gasteiger partial charge is 0.416 e.